The summed E-state index contributed by atoms with van der Waals surface area (Å²) >= 11 is 6.66. The van der Waals surface area contributed by atoms with Crippen molar-refractivity contribution in [1.29, 1.82) is 0 Å². The number of hydrogen-bond donors (Lipinski definition) is 2. The van der Waals surface area contributed by atoms with E-state index in [0.717, 1.165) is 14.6 Å². The number of hydrogen-bond acceptors (Lipinski definition) is 2. The van der Waals surface area contributed by atoms with Crippen molar-refractivity contribution in [3.63, 3.8) is 0 Å². The topological polar surface area (TPSA) is 55.1 Å². The Labute approximate surface area is 92.9 Å². The number of halogens is 2. The summed E-state index contributed by atoms with van der Waals surface area (Å²) in [7, 11) is 0. The molecule has 1 amide bonds. The quantitative estimate of drug-likeness (QED) is 0.879. The van der Waals surface area contributed by atoms with Crippen LogP contribution in [0.3, 0.4) is 0 Å². The lowest BCUT2D eigenvalue weighted by molar-refractivity contribution is -0.114. The van der Waals surface area contributed by atoms with Gasteiger partial charge in [-0.2, -0.15) is 0 Å². The molecule has 0 saturated carbocycles. The molecule has 0 aliphatic heterocycles. The average molecular weight is 308 g/mol. The van der Waals surface area contributed by atoms with Crippen LogP contribution in [0.25, 0.3) is 0 Å². The smallest absolute Gasteiger partial charge is 0.238 e. The average Bonchev–Trinajstić information content (AvgIpc) is 2.11. The largest absolute Gasteiger partial charge is 0.325 e. The summed E-state index contributed by atoms with van der Waals surface area (Å²) in [5.74, 6) is -0.200. The first-order valence-electron chi connectivity index (χ1n) is 3.58. The summed E-state index contributed by atoms with van der Waals surface area (Å²) in [6.07, 6.45) is 0. The fraction of sp³-hybridized carbons (Fsp3) is 0.125. The Bertz CT molecular complexity index is 328. The normalized spacial score (nSPS) is 9.77. The molecular formula is C8H8Br2N2O. The predicted octanol–water partition coefficient (Wildman–Crippen LogP) is 2.11. The molecule has 0 aliphatic carbocycles. The van der Waals surface area contributed by atoms with E-state index in [-0.39, 0.29) is 12.5 Å². The SMILES string of the molecule is NCC(=O)Nc1ccc(Br)c(Br)c1. The van der Waals surface area contributed by atoms with Crippen LogP contribution in [0, 0.1) is 0 Å². The van der Waals surface area contributed by atoms with Gasteiger partial charge in [-0.25, -0.2) is 0 Å². The molecule has 1 aromatic carbocycles. The van der Waals surface area contributed by atoms with Gasteiger partial charge in [0.2, 0.25) is 5.91 Å². The van der Waals surface area contributed by atoms with Gasteiger partial charge >= 0.3 is 0 Å². The van der Waals surface area contributed by atoms with Gasteiger partial charge in [0.25, 0.3) is 0 Å². The van der Waals surface area contributed by atoms with E-state index in [0.29, 0.717) is 0 Å². The maximum Gasteiger partial charge on any atom is 0.238 e. The van der Waals surface area contributed by atoms with Crippen molar-refractivity contribution in [2.75, 3.05) is 11.9 Å². The van der Waals surface area contributed by atoms with Gasteiger partial charge in [-0.1, -0.05) is 0 Å². The predicted molar refractivity (Wildman–Crippen MR) is 59.5 cm³/mol. The summed E-state index contributed by atoms with van der Waals surface area (Å²) in [5, 5.41) is 2.64. The molecule has 0 bridgehead atoms. The zero-order valence-electron chi connectivity index (χ0n) is 6.68. The van der Waals surface area contributed by atoms with Crippen LogP contribution in [0.1, 0.15) is 0 Å². The lowest BCUT2D eigenvalue weighted by Gasteiger charge is -2.04. The van der Waals surface area contributed by atoms with Crippen molar-refractivity contribution >= 4 is 43.5 Å². The van der Waals surface area contributed by atoms with Gasteiger partial charge in [-0.3, -0.25) is 4.79 Å². The number of carbonyl (C=O) groups excluding carboxylic acids is 1. The molecular weight excluding hydrogens is 300 g/mol. The van der Waals surface area contributed by atoms with Crippen molar-refractivity contribution in [3.8, 4) is 0 Å². The van der Waals surface area contributed by atoms with Crippen LogP contribution >= 0.6 is 31.9 Å². The summed E-state index contributed by atoms with van der Waals surface area (Å²) < 4.78 is 1.83. The monoisotopic (exact) mass is 306 g/mol. The van der Waals surface area contributed by atoms with Gasteiger partial charge in [-0.05, 0) is 50.1 Å². The second-order valence-corrected chi connectivity index (χ2v) is 4.09. The third-order valence-electron chi connectivity index (χ3n) is 1.39. The van der Waals surface area contributed by atoms with Crippen LogP contribution in [0.4, 0.5) is 5.69 Å². The Morgan fingerprint density at radius 1 is 1.38 bits per heavy atom. The Kier molecular flexibility index (Phi) is 3.90. The van der Waals surface area contributed by atoms with E-state index < -0.39 is 0 Å². The maximum absolute atomic E-state index is 10.9. The summed E-state index contributed by atoms with van der Waals surface area (Å²) in [4.78, 5) is 10.9. The molecule has 13 heavy (non-hydrogen) atoms. The minimum Gasteiger partial charge on any atom is -0.325 e. The zero-order chi connectivity index (χ0) is 9.84. The fourth-order valence-electron chi connectivity index (χ4n) is 0.786. The van der Waals surface area contributed by atoms with Gasteiger partial charge < -0.3 is 11.1 Å². The number of carbonyl (C=O) groups is 1. The highest BCUT2D eigenvalue weighted by Gasteiger charge is 2.01. The van der Waals surface area contributed by atoms with Gasteiger partial charge in [0.1, 0.15) is 0 Å². The van der Waals surface area contributed by atoms with Crippen LogP contribution in [0.15, 0.2) is 27.1 Å². The highest BCUT2D eigenvalue weighted by atomic mass is 79.9. The Morgan fingerprint density at radius 2 is 2.08 bits per heavy atom. The molecule has 0 heterocycles. The minimum atomic E-state index is -0.200. The molecule has 0 spiro atoms. The number of benzene rings is 1. The molecule has 70 valence electrons. The number of anilines is 1. The molecule has 0 saturated heterocycles. The summed E-state index contributed by atoms with van der Waals surface area (Å²) in [5.41, 5.74) is 5.88. The third-order valence-corrected chi connectivity index (χ3v) is 3.27. The van der Waals surface area contributed by atoms with E-state index in [1.807, 2.05) is 6.07 Å². The van der Waals surface area contributed by atoms with Crippen LogP contribution < -0.4 is 11.1 Å². The third kappa shape index (κ3) is 3.10. The molecule has 1 aromatic rings. The van der Waals surface area contributed by atoms with E-state index in [9.17, 15) is 4.79 Å². The highest BCUT2D eigenvalue weighted by Crippen LogP contribution is 2.25. The first-order chi connectivity index (χ1) is 6.13. The van der Waals surface area contributed by atoms with Crippen LogP contribution in [-0.2, 0) is 4.79 Å². The zero-order valence-corrected chi connectivity index (χ0v) is 9.85. The van der Waals surface area contributed by atoms with Gasteiger partial charge in [0, 0.05) is 14.6 Å². The molecule has 0 aromatic heterocycles. The molecule has 5 heteroatoms. The summed E-state index contributed by atoms with van der Waals surface area (Å²) in [6.45, 7) is -0.00627. The lowest BCUT2D eigenvalue weighted by Crippen LogP contribution is -2.21. The molecule has 3 N–H and O–H groups in total. The van der Waals surface area contributed by atoms with Crippen molar-refractivity contribution in [3.05, 3.63) is 27.1 Å². The van der Waals surface area contributed by atoms with Crippen molar-refractivity contribution in [1.82, 2.24) is 0 Å². The number of rotatable bonds is 2. The van der Waals surface area contributed by atoms with Gasteiger partial charge in [-0.15, -0.1) is 0 Å². The Hall–Kier alpha value is -0.390. The van der Waals surface area contributed by atoms with Crippen molar-refractivity contribution < 1.29 is 4.79 Å². The van der Waals surface area contributed by atoms with E-state index in [1.165, 1.54) is 0 Å². The first kappa shape index (κ1) is 10.7. The van der Waals surface area contributed by atoms with E-state index in [4.69, 9.17) is 5.73 Å². The Balaban J connectivity index is 2.79. The second-order valence-electron chi connectivity index (χ2n) is 2.38. The first-order valence-corrected chi connectivity index (χ1v) is 5.17. The van der Waals surface area contributed by atoms with Crippen LogP contribution in [0.5, 0.6) is 0 Å². The molecule has 1 rings (SSSR count). The number of nitrogens with two attached hydrogens (primary N) is 1. The van der Waals surface area contributed by atoms with E-state index >= 15 is 0 Å². The summed E-state index contributed by atoms with van der Waals surface area (Å²) in [6, 6.07) is 5.44. The second kappa shape index (κ2) is 4.74. The van der Waals surface area contributed by atoms with E-state index in [1.54, 1.807) is 12.1 Å². The number of amides is 1. The van der Waals surface area contributed by atoms with Gasteiger partial charge in [0.05, 0.1) is 6.54 Å². The minimum absolute atomic E-state index is 0.00627. The molecule has 3 nitrogen and oxygen atoms in total. The fourth-order valence-corrected chi connectivity index (χ4v) is 1.41. The maximum atomic E-state index is 10.9. The van der Waals surface area contributed by atoms with Crippen molar-refractivity contribution in [2.24, 2.45) is 5.73 Å². The van der Waals surface area contributed by atoms with Crippen LogP contribution in [-0.4, -0.2) is 12.5 Å². The lowest BCUT2D eigenvalue weighted by atomic mass is 10.3. The molecule has 0 unspecified atom stereocenters. The van der Waals surface area contributed by atoms with Gasteiger partial charge in [0.15, 0.2) is 0 Å². The highest BCUT2D eigenvalue weighted by molar-refractivity contribution is 9.13. The van der Waals surface area contributed by atoms with Crippen LogP contribution in [0.2, 0.25) is 0 Å². The molecule has 0 aliphatic rings. The standard InChI is InChI=1S/C8H8Br2N2O/c9-6-2-1-5(3-7(6)10)12-8(13)4-11/h1-3H,4,11H2,(H,12,13). The van der Waals surface area contributed by atoms with E-state index in [2.05, 4.69) is 37.2 Å². The van der Waals surface area contributed by atoms with Crippen molar-refractivity contribution in [2.45, 2.75) is 0 Å². The Morgan fingerprint density at radius 3 is 2.62 bits per heavy atom. The molecule has 0 fully saturated rings. The molecule has 0 atom stereocenters. The molecule has 0 radical (unpaired) electrons. The number of nitrogens with one attached hydrogen (secondary N) is 1.